The Morgan fingerprint density at radius 2 is 2.17 bits per heavy atom. The van der Waals surface area contributed by atoms with Crippen LogP contribution in [0.3, 0.4) is 0 Å². The van der Waals surface area contributed by atoms with E-state index in [-0.39, 0.29) is 18.4 Å². The highest BCUT2D eigenvalue weighted by Crippen LogP contribution is 2.21. The number of benzene rings is 1. The Labute approximate surface area is 145 Å². The van der Waals surface area contributed by atoms with Gasteiger partial charge in [-0.25, -0.2) is 0 Å². The molecule has 2 N–H and O–H groups in total. The summed E-state index contributed by atoms with van der Waals surface area (Å²) in [5, 5.41) is 12.1. The molecule has 0 bridgehead atoms. The summed E-state index contributed by atoms with van der Waals surface area (Å²) < 4.78 is 0. The number of hydrogen-bond acceptors (Lipinski definition) is 4. The smallest absolute Gasteiger partial charge is 0.308 e. The molecule has 2 rings (SSSR count). The zero-order valence-corrected chi connectivity index (χ0v) is 14.6. The molecule has 2 amide bonds. The molecule has 1 heterocycles. The standard InChI is InChI=1S/C17H22N2O4S/c1-11-4-3-5-13(6-11)7-14(17(22)23)8-18-16(21)15-9-24-10-19(15)12(2)20/h3-6,14-15H,7-10H2,1-2H3,(H,18,21)(H,22,23)/t14-,15-/m1/s1. The average molecular weight is 350 g/mol. The first kappa shape index (κ1) is 18.3. The van der Waals surface area contributed by atoms with Gasteiger partial charge in [0.1, 0.15) is 6.04 Å². The van der Waals surface area contributed by atoms with Crippen molar-refractivity contribution in [3.8, 4) is 0 Å². The van der Waals surface area contributed by atoms with Gasteiger partial charge in [-0.15, -0.1) is 11.8 Å². The summed E-state index contributed by atoms with van der Waals surface area (Å²) in [6.07, 6.45) is 0.354. The number of amides is 2. The maximum absolute atomic E-state index is 12.3. The number of nitrogens with one attached hydrogen (secondary N) is 1. The van der Waals surface area contributed by atoms with E-state index in [0.29, 0.717) is 18.1 Å². The molecule has 1 fully saturated rings. The molecular formula is C17H22N2O4S. The quantitative estimate of drug-likeness (QED) is 0.807. The molecule has 24 heavy (non-hydrogen) atoms. The normalized spacial score (nSPS) is 18.2. The molecule has 1 aliphatic rings. The monoisotopic (exact) mass is 350 g/mol. The lowest BCUT2D eigenvalue weighted by Crippen LogP contribution is -2.48. The predicted molar refractivity (Wildman–Crippen MR) is 92.7 cm³/mol. The van der Waals surface area contributed by atoms with E-state index < -0.39 is 17.9 Å². The molecule has 0 radical (unpaired) electrons. The van der Waals surface area contributed by atoms with Crippen LogP contribution >= 0.6 is 11.8 Å². The number of carboxylic acid groups (broad SMARTS) is 1. The third kappa shape index (κ3) is 4.74. The highest BCUT2D eigenvalue weighted by atomic mass is 32.2. The van der Waals surface area contributed by atoms with Gasteiger partial charge in [0, 0.05) is 19.2 Å². The van der Waals surface area contributed by atoms with Gasteiger partial charge in [0.15, 0.2) is 0 Å². The topological polar surface area (TPSA) is 86.7 Å². The minimum absolute atomic E-state index is 0.0506. The van der Waals surface area contributed by atoms with Crippen molar-refractivity contribution >= 4 is 29.5 Å². The number of thioether (sulfide) groups is 1. The van der Waals surface area contributed by atoms with Crippen LogP contribution in [-0.2, 0) is 20.8 Å². The first-order valence-corrected chi connectivity index (χ1v) is 8.95. The summed E-state index contributed by atoms with van der Waals surface area (Å²) in [6, 6.07) is 7.16. The van der Waals surface area contributed by atoms with Gasteiger partial charge in [-0.2, -0.15) is 0 Å². The third-order valence-electron chi connectivity index (χ3n) is 4.03. The van der Waals surface area contributed by atoms with Crippen LogP contribution in [0.25, 0.3) is 0 Å². The molecular weight excluding hydrogens is 328 g/mol. The van der Waals surface area contributed by atoms with Crippen LogP contribution < -0.4 is 5.32 Å². The lowest BCUT2D eigenvalue weighted by Gasteiger charge is -2.22. The zero-order chi connectivity index (χ0) is 17.7. The van der Waals surface area contributed by atoms with Crippen LogP contribution in [0.15, 0.2) is 24.3 Å². The van der Waals surface area contributed by atoms with Crippen LogP contribution in [0.4, 0.5) is 0 Å². The lowest BCUT2D eigenvalue weighted by molar-refractivity contribution is -0.142. The van der Waals surface area contributed by atoms with Gasteiger partial charge in [-0.05, 0) is 18.9 Å². The molecule has 1 saturated heterocycles. The molecule has 7 heteroatoms. The highest BCUT2D eigenvalue weighted by molar-refractivity contribution is 7.99. The van der Waals surface area contributed by atoms with Crippen molar-refractivity contribution in [3.63, 3.8) is 0 Å². The Kier molecular flexibility index (Phi) is 6.25. The number of aliphatic carboxylic acids is 1. The van der Waals surface area contributed by atoms with Gasteiger partial charge >= 0.3 is 5.97 Å². The van der Waals surface area contributed by atoms with E-state index in [1.165, 1.54) is 23.6 Å². The predicted octanol–water partition coefficient (Wildman–Crippen LogP) is 1.28. The van der Waals surface area contributed by atoms with Crippen LogP contribution in [-0.4, -0.2) is 52.0 Å². The average Bonchev–Trinajstić information content (AvgIpc) is 3.00. The molecule has 1 aliphatic heterocycles. The lowest BCUT2D eigenvalue weighted by atomic mass is 9.98. The zero-order valence-electron chi connectivity index (χ0n) is 13.8. The summed E-state index contributed by atoms with van der Waals surface area (Å²) in [4.78, 5) is 36.8. The number of rotatable bonds is 6. The van der Waals surface area contributed by atoms with E-state index in [4.69, 9.17) is 0 Å². The molecule has 0 spiro atoms. The minimum atomic E-state index is -0.943. The molecule has 130 valence electrons. The van der Waals surface area contributed by atoms with Gasteiger partial charge in [-0.1, -0.05) is 29.8 Å². The van der Waals surface area contributed by atoms with Crippen LogP contribution in [0.2, 0.25) is 0 Å². The second-order valence-corrected chi connectivity index (χ2v) is 6.98. The molecule has 1 aromatic carbocycles. The van der Waals surface area contributed by atoms with Crippen molar-refractivity contribution in [1.29, 1.82) is 0 Å². The van der Waals surface area contributed by atoms with E-state index >= 15 is 0 Å². The number of aryl methyl sites for hydroxylation is 1. The molecule has 0 aromatic heterocycles. The largest absolute Gasteiger partial charge is 0.481 e. The number of carboxylic acids is 1. The number of carbonyl (C=O) groups is 3. The van der Waals surface area contributed by atoms with Crippen LogP contribution in [0.5, 0.6) is 0 Å². The van der Waals surface area contributed by atoms with Gasteiger partial charge < -0.3 is 15.3 Å². The molecule has 6 nitrogen and oxygen atoms in total. The number of hydrogen-bond donors (Lipinski definition) is 2. The Morgan fingerprint density at radius 3 is 2.79 bits per heavy atom. The van der Waals surface area contributed by atoms with E-state index in [1.54, 1.807) is 0 Å². The van der Waals surface area contributed by atoms with E-state index in [0.717, 1.165) is 11.1 Å². The van der Waals surface area contributed by atoms with E-state index in [1.807, 2.05) is 31.2 Å². The summed E-state index contributed by atoms with van der Waals surface area (Å²) >= 11 is 1.52. The summed E-state index contributed by atoms with van der Waals surface area (Å²) in [7, 11) is 0. The van der Waals surface area contributed by atoms with Crippen LogP contribution in [0.1, 0.15) is 18.1 Å². The van der Waals surface area contributed by atoms with Crippen molar-refractivity contribution in [3.05, 3.63) is 35.4 Å². The van der Waals surface area contributed by atoms with Gasteiger partial charge in [-0.3, -0.25) is 14.4 Å². The van der Waals surface area contributed by atoms with Crippen LogP contribution in [0, 0.1) is 12.8 Å². The fraction of sp³-hybridized carbons (Fsp3) is 0.471. The van der Waals surface area contributed by atoms with Crippen molar-refractivity contribution in [1.82, 2.24) is 10.2 Å². The van der Waals surface area contributed by atoms with Gasteiger partial charge in [0.05, 0.1) is 11.8 Å². The summed E-state index contributed by atoms with van der Waals surface area (Å²) in [5.74, 6) is -1.03. The third-order valence-corrected chi connectivity index (χ3v) is 5.04. The fourth-order valence-electron chi connectivity index (χ4n) is 2.68. The summed E-state index contributed by atoms with van der Waals surface area (Å²) in [5.41, 5.74) is 2.00. The SMILES string of the molecule is CC(=O)N1CSC[C@@H]1C(=O)NC[C@@H](Cc1cccc(C)c1)C(=O)O. The van der Waals surface area contributed by atoms with Crippen molar-refractivity contribution in [2.24, 2.45) is 5.92 Å². The number of nitrogens with zero attached hydrogens (tertiary/aromatic N) is 1. The minimum Gasteiger partial charge on any atom is -0.481 e. The van der Waals surface area contributed by atoms with Gasteiger partial charge in [0.2, 0.25) is 11.8 Å². The Bertz CT molecular complexity index is 635. The maximum Gasteiger partial charge on any atom is 0.308 e. The molecule has 0 aliphatic carbocycles. The second-order valence-electron chi connectivity index (χ2n) is 5.98. The highest BCUT2D eigenvalue weighted by Gasteiger charge is 2.33. The Morgan fingerprint density at radius 1 is 1.42 bits per heavy atom. The van der Waals surface area contributed by atoms with Gasteiger partial charge in [0.25, 0.3) is 0 Å². The fourth-order valence-corrected chi connectivity index (χ4v) is 3.90. The van der Waals surface area contributed by atoms with Crippen molar-refractivity contribution in [2.75, 3.05) is 18.2 Å². The molecule has 1 aromatic rings. The first-order valence-electron chi connectivity index (χ1n) is 7.79. The number of carbonyl (C=O) groups excluding carboxylic acids is 2. The first-order chi connectivity index (χ1) is 11.4. The van der Waals surface area contributed by atoms with E-state index in [9.17, 15) is 19.5 Å². The Balaban J connectivity index is 1.95. The molecule has 0 saturated carbocycles. The Hall–Kier alpha value is -2.02. The molecule has 0 unspecified atom stereocenters. The van der Waals surface area contributed by atoms with Crippen molar-refractivity contribution < 1.29 is 19.5 Å². The second kappa shape index (κ2) is 8.19. The van der Waals surface area contributed by atoms with Crippen molar-refractivity contribution in [2.45, 2.75) is 26.3 Å². The maximum atomic E-state index is 12.3. The molecule has 2 atom stereocenters. The summed E-state index contributed by atoms with van der Waals surface area (Å²) in [6.45, 7) is 3.44. The van der Waals surface area contributed by atoms with E-state index in [2.05, 4.69) is 5.32 Å².